The molecule has 3 N–H and O–H groups in total. The molecule has 6 nitrogen and oxygen atoms in total. The molecule has 0 radical (unpaired) electrons. The topological polar surface area (TPSA) is 86.9 Å². The van der Waals surface area contributed by atoms with Crippen LogP contribution in [-0.4, -0.2) is 22.0 Å². The Morgan fingerprint density at radius 2 is 1.93 bits per heavy atom. The third-order valence-electron chi connectivity index (χ3n) is 3.82. The van der Waals surface area contributed by atoms with Gasteiger partial charge < -0.3 is 10.6 Å². The van der Waals surface area contributed by atoms with Crippen LogP contribution in [0.3, 0.4) is 0 Å². The predicted octanol–water partition coefficient (Wildman–Crippen LogP) is 4.52. The first kappa shape index (κ1) is 17.7. The van der Waals surface area contributed by atoms with Crippen LogP contribution in [0.1, 0.15) is 24.9 Å². The van der Waals surface area contributed by atoms with Crippen molar-refractivity contribution in [2.45, 2.75) is 6.54 Å². The normalized spacial score (nSPS) is 10.9. The lowest BCUT2D eigenvalue weighted by Gasteiger charge is -2.04. The van der Waals surface area contributed by atoms with Crippen molar-refractivity contribution in [2.24, 2.45) is 0 Å². The van der Waals surface area contributed by atoms with Crippen LogP contribution >= 0.6 is 34.3 Å². The van der Waals surface area contributed by atoms with Gasteiger partial charge in [0.25, 0.3) is 11.8 Å². The van der Waals surface area contributed by atoms with Crippen molar-refractivity contribution >= 4 is 62.1 Å². The van der Waals surface area contributed by atoms with Crippen molar-refractivity contribution in [3.8, 4) is 0 Å². The zero-order valence-corrected chi connectivity index (χ0v) is 16.2. The fourth-order valence-corrected chi connectivity index (χ4v) is 4.13. The number of aromatic amines is 1. The van der Waals surface area contributed by atoms with Gasteiger partial charge in [-0.05, 0) is 35.2 Å². The van der Waals surface area contributed by atoms with E-state index in [1.54, 1.807) is 24.3 Å². The molecule has 0 unspecified atom stereocenters. The highest BCUT2D eigenvalue weighted by Crippen LogP contribution is 2.29. The number of carbonyl (C=O) groups is 2. The number of fused-ring (bicyclic) bond motifs is 1. The molecule has 0 aliphatic carbocycles. The number of anilines is 1. The number of nitrogens with zero attached hydrogens (tertiary/aromatic N) is 1. The molecule has 2 amide bonds. The van der Waals surface area contributed by atoms with Crippen LogP contribution in [0.5, 0.6) is 0 Å². The van der Waals surface area contributed by atoms with Gasteiger partial charge in [-0.1, -0.05) is 29.8 Å². The molecule has 1 aromatic carbocycles. The number of H-pyrrole nitrogens is 1. The Balaban J connectivity index is 1.46. The molecule has 9 heteroatoms. The van der Waals surface area contributed by atoms with Crippen LogP contribution < -0.4 is 10.6 Å². The summed E-state index contributed by atoms with van der Waals surface area (Å²) in [4.78, 5) is 26.4. The molecule has 0 aliphatic rings. The molecule has 4 rings (SSSR count). The summed E-state index contributed by atoms with van der Waals surface area (Å²) in [5.74, 6) is 0.0791. The quantitative estimate of drug-likeness (QED) is 0.447. The highest BCUT2D eigenvalue weighted by molar-refractivity contribution is 7.20. The van der Waals surface area contributed by atoms with E-state index < -0.39 is 0 Å². The Kier molecular flexibility index (Phi) is 4.93. The summed E-state index contributed by atoms with van der Waals surface area (Å²) in [5.41, 5.74) is 0.957. The molecule has 0 aliphatic heterocycles. The summed E-state index contributed by atoms with van der Waals surface area (Å²) in [5, 5.41) is 15.9. The monoisotopic (exact) mass is 416 g/mol. The SMILES string of the molecule is O=C(Nc1[nH]nc2sc(C(=O)NCc3ccc(Cl)cc3)cc12)c1cccs1. The standard InChI is InChI=1S/C18H13ClN4O2S2/c19-11-5-3-10(4-6-11)9-20-16(24)14-8-12-15(22-23-18(12)27-14)21-17(25)13-2-1-7-26-13/h1-8H,9H2,(H,20,24)(H2,21,22,23,25). The largest absolute Gasteiger partial charge is 0.347 e. The number of benzene rings is 1. The van der Waals surface area contributed by atoms with Crippen molar-refractivity contribution in [1.82, 2.24) is 15.5 Å². The summed E-state index contributed by atoms with van der Waals surface area (Å²) in [6.45, 7) is 0.402. The molecule has 3 aromatic heterocycles. The smallest absolute Gasteiger partial charge is 0.266 e. The molecule has 136 valence electrons. The number of rotatable bonds is 5. The molecule has 0 atom stereocenters. The summed E-state index contributed by atoms with van der Waals surface area (Å²) < 4.78 is 0. The molecule has 3 heterocycles. The third-order valence-corrected chi connectivity index (χ3v) is 5.97. The maximum Gasteiger partial charge on any atom is 0.266 e. The van der Waals surface area contributed by atoms with Gasteiger partial charge in [-0.15, -0.1) is 22.7 Å². The Morgan fingerprint density at radius 1 is 1.11 bits per heavy atom. The van der Waals surface area contributed by atoms with E-state index in [2.05, 4.69) is 20.8 Å². The van der Waals surface area contributed by atoms with E-state index in [1.165, 1.54) is 22.7 Å². The van der Waals surface area contributed by atoms with Crippen LogP contribution in [0.15, 0.2) is 47.8 Å². The van der Waals surface area contributed by atoms with Gasteiger partial charge in [-0.2, -0.15) is 5.10 Å². The minimum Gasteiger partial charge on any atom is -0.347 e. The van der Waals surface area contributed by atoms with E-state index in [0.29, 0.717) is 37.4 Å². The molecule has 0 fully saturated rings. The Hall–Kier alpha value is -2.68. The molecule has 0 saturated carbocycles. The number of hydrogen-bond donors (Lipinski definition) is 3. The molecular weight excluding hydrogens is 404 g/mol. The van der Waals surface area contributed by atoms with Crippen LogP contribution in [0.2, 0.25) is 5.02 Å². The average molecular weight is 417 g/mol. The van der Waals surface area contributed by atoms with Gasteiger partial charge in [-0.25, -0.2) is 0 Å². The molecule has 27 heavy (non-hydrogen) atoms. The second-order valence-electron chi connectivity index (χ2n) is 5.67. The molecule has 4 aromatic rings. The molecule has 0 saturated heterocycles. The number of hydrogen-bond acceptors (Lipinski definition) is 5. The Labute approximate surface area is 167 Å². The van der Waals surface area contributed by atoms with Crippen LogP contribution in [0.25, 0.3) is 10.2 Å². The Bertz CT molecular complexity index is 1100. The highest BCUT2D eigenvalue weighted by Gasteiger charge is 2.17. The minimum atomic E-state index is -0.213. The zero-order chi connectivity index (χ0) is 18.8. The number of amides is 2. The van der Waals surface area contributed by atoms with E-state index in [4.69, 9.17) is 11.6 Å². The summed E-state index contributed by atoms with van der Waals surface area (Å²) in [6, 6.07) is 12.6. The van der Waals surface area contributed by atoms with Crippen molar-refractivity contribution in [3.05, 3.63) is 68.2 Å². The molecule has 0 spiro atoms. The van der Waals surface area contributed by atoms with Crippen molar-refractivity contribution < 1.29 is 9.59 Å². The zero-order valence-electron chi connectivity index (χ0n) is 13.8. The highest BCUT2D eigenvalue weighted by atomic mass is 35.5. The number of carbonyl (C=O) groups excluding carboxylic acids is 2. The Morgan fingerprint density at radius 3 is 2.67 bits per heavy atom. The number of thiophene rings is 2. The third kappa shape index (κ3) is 3.87. The number of halogens is 1. The van der Waals surface area contributed by atoms with Gasteiger partial charge in [0, 0.05) is 11.6 Å². The fourth-order valence-electron chi connectivity index (χ4n) is 2.47. The first-order valence-electron chi connectivity index (χ1n) is 7.95. The van der Waals surface area contributed by atoms with E-state index >= 15 is 0 Å². The minimum absolute atomic E-state index is 0.191. The second kappa shape index (κ2) is 7.51. The van der Waals surface area contributed by atoms with Gasteiger partial charge in [-0.3, -0.25) is 14.7 Å². The summed E-state index contributed by atoms with van der Waals surface area (Å²) in [6.07, 6.45) is 0. The maximum atomic E-state index is 12.4. The van der Waals surface area contributed by atoms with Crippen LogP contribution in [-0.2, 0) is 6.54 Å². The predicted molar refractivity (Wildman–Crippen MR) is 109 cm³/mol. The van der Waals surface area contributed by atoms with Crippen molar-refractivity contribution in [3.63, 3.8) is 0 Å². The van der Waals surface area contributed by atoms with Crippen molar-refractivity contribution in [2.75, 3.05) is 5.32 Å². The van der Waals surface area contributed by atoms with E-state index in [-0.39, 0.29) is 11.8 Å². The van der Waals surface area contributed by atoms with Crippen LogP contribution in [0, 0.1) is 0 Å². The van der Waals surface area contributed by atoms with Gasteiger partial charge in [0.1, 0.15) is 10.6 Å². The van der Waals surface area contributed by atoms with Gasteiger partial charge in [0.15, 0.2) is 0 Å². The number of nitrogens with one attached hydrogen (secondary N) is 3. The summed E-state index contributed by atoms with van der Waals surface area (Å²) >= 11 is 8.48. The van der Waals surface area contributed by atoms with E-state index in [9.17, 15) is 9.59 Å². The average Bonchev–Trinajstić information content (AvgIpc) is 3.39. The van der Waals surface area contributed by atoms with E-state index in [0.717, 1.165) is 5.56 Å². The lowest BCUT2D eigenvalue weighted by molar-refractivity contribution is 0.0954. The maximum absolute atomic E-state index is 12.4. The fraction of sp³-hybridized carbons (Fsp3) is 0.0556. The number of aromatic nitrogens is 2. The first-order chi connectivity index (χ1) is 13.1. The van der Waals surface area contributed by atoms with Gasteiger partial charge in [0.05, 0.1) is 15.1 Å². The molecular formula is C18H13ClN4O2S2. The van der Waals surface area contributed by atoms with Crippen molar-refractivity contribution in [1.29, 1.82) is 0 Å². The molecule has 0 bridgehead atoms. The van der Waals surface area contributed by atoms with Gasteiger partial charge >= 0.3 is 0 Å². The van der Waals surface area contributed by atoms with Gasteiger partial charge in [0.2, 0.25) is 0 Å². The second-order valence-corrected chi connectivity index (χ2v) is 8.08. The lowest BCUT2D eigenvalue weighted by Crippen LogP contribution is -2.21. The van der Waals surface area contributed by atoms with Crippen LogP contribution in [0.4, 0.5) is 5.82 Å². The first-order valence-corrected chi connectivity index (χ1v) is 10.0. The van der Waals surface area contributed by atoms with E-state index in [1.807, 2.05) is 23.6 Å². The summed E-state index contributed by atoms with van der Waals surface area (Å²) in [7, 11) is 0. The lowest BCUT2D eigenvalue weighted by atomic mass is 10.2.